The second-order valence-corrected chi connectivity index (χ2v) is 5.07. The molecule has 0 amide bonds. The molecule has 0 saturated carbocycles. The first kappa shape index (κ1) is 13.7. The zero-order valence-electron chi connectivity index (χ0n) is 11.0. The summed E-state index contributed by atoms with van der Waals surface area (Å²) in [6, 6.07) is 7.68. The van der Waals surface area contributed by atoms with Crippen LogP contribution in [-0.4, -0.2) is 41.4 Å². The smallest absolute Gasteiger partial charge is 0.184 e. The van der Waals surface area contributed by atoms with Crippen molar-refractivity contribution in [1.82, 2.24) is 0 Å². The van der Waals surface area contributed by atoms with Crippen LogP contribution in [-0.2, 0) is 14.2 Å². The number of benzene rings is 1. The summed E-state index contributed by atoms with van der Waals surface area (Å²) in [5.74, 6) is 0. The lowest BCUT2D eigenvalue weighted by Crippen LogP contribution is -2.54. The number of aliphatic hydroxyl groups excluding tert-OH is 2. The summed E-state index contributed by atoms with van der Waals surface area (Å²) in [7, 11) is 0. The first-order valence-corrected chi connectivity index (χ1v) is 6.68. The first-order valence-electron chi connectivity index (χ1n) is 6.68. The normalized spacial score (nSPS) is 37.2. The summed E-state index contributed by atoms with van der Waals surface area (Å²) in [4.78, 5) is 0. The molecule has 2 heterocycles. The summed E-state index contributed by atoms with van der Waals surface area (Å²) in [5, 5.41) is 19.4. The molecule has 0 bridgehead atoms. The topological polar surface area (TPSA) is 68.2 Å². The van der Waals surface area contributed by atoms with Crippen LogP contribution in [0, 0.1) is 0 Å². The van der Waals surface area contributed by atoms with E-state index in [4.69, 9.17) is 14.2 Å². The Bertz CT molecular complexity index is 472. The van der Waals surface area contributed by atoms with Crippen LogP contribution >= 0.6 is 0 Å². The Hall–Kier alpha value is -1.24. The summed E-state index contributed by atoms with van der Waals surface area (Å²) in [6.45, 7) is 3.99. The van der Waals surface area contributed by atoms with Crippen molar-refractivity contribution in [3.63, 3.8) is 0 Å². The van der Waals surface area contributed by atoms with E-state index in [0.717, 1.165) is 11.1 Å². The van der Waals surface area contributed by atoms with Gasteiger partial charge in [-0.1, -0.05) is 36.9 Å². The van der Waals surface area contributed by atoms with E-state index in [1.165, 1.54) is 0 Å². The highest BCUT2D eigenvalue weighted by atomic mass is 16.7. The fraction of sp³-hybridized carbons (Fsp3) is 0.467. The minimum atomic E-state index is -0.957. The standard InChI is InChI=1S/C15H18O5/c1-2-9-3-5-10(6-4-9)15-18-8-12-14(20-15)11(16)7-13(17)19-12/h2-6,11-17H,1,7-8H2/t11?,12?,13-,14-,15?/m0/s1. The lowest BCUT2D eigenvalue weighted by Gasteiger charge is -2.43. The summed E-state index contributed by atoms with van der Waals surface area (Å²) < 4.78 is 16.7. The van der Waals surface area contributed by atoms with E-state index < -0.39 is 30.9 Å². The van der Waals surface area contributed by atoms with Gasteiger partial charge in [0.05, 0.1) is 12.7 Å². The predicted molar refractivity (Wildman–Crippen MR) is 71.6 cm³/mol. The van der Waals surface area contributed by atoms with Crippen LogP contribution in [0.4, 0.5) is 0 Å². The second kappa shape index (κ2) is 5.63. The van der Waals surface area contributed by atoms with E-state index in [1.54, 1.807) is 6.08 Å². The zero-order chi connectivity index (χ0) is 14.1. The largest absolute Gasteiger partial charge is 0.390 e. The van der Waals surface area contributed by atoms with Gasteiger partial charge in [-0.25, -0.2) is 0 Å². The number of hydrogen-bond acceptors (Lipinski definition) is 5. The average molecular weight is 278 g/mol. The molecule has 2 N–H and O–H groups in total. The molecule has 0 spiro atoms. The molecule has 3 rings (SSSR count). The molecule has 1 aromatic carbocycles. The van der Waals surface area contributed by atoms with Gasteiger partial charge in [0.2, 0.25) is 0 Å². The van der Waals surface area contributed by atoms with E-state index in [0.29, 0.717) is 0 Å². The van der Waals surface area contributed by atoms with Crippen molar-refractivity contribution in [2.75, 3.05) is 6.61 Å². The Labute approximate surface area is 117 Å². The van der Waals surface area contributed by atoms with Crippen LogP contribution in [0.15, 0.2) is 30.8 Å². The van der Waals surface area contributed by atoms with Crippen molar-refractivity contribution in [1.29, 1.82) is 0 Å². The summed E-state index contributed by atoms with van der Waals surface area (Å²) in [6.07, 6.45) is -1.21. The van der Waals surface area contributed by atoms with Gasteiger partial charge in [0.15, 0.2) is 12.6 Å². The minimum Gasteiger partial charge on any atom is -0.390 e. The van der Waals surface area contributed by atoms with Gasteiger partial charge in [-0.05, 0) is 5.56 Å². The van der Waals surface area contributed by atoms with Gasteiger partial charge < -0.3 is 24.4 Å². The molecule has 0 radical (unpaired) electrons. The lowest BCUT2D eigenvalue weighted by atomic mass is 10.0. The quantitative estimate of drug-likeness (QED) is 0.851. The van der Waals surface area contributed by atoms with Crippen molar-refractivity contribution in [2.24, 2.45) is 0 Å². The van der Waals surface area contributed by atoms with Crippen LogP contribution in [0.5, 0.6) is 0 Å². The van der Waals surface area contributed by atoms with Crippen LogP contribution in [0.3, 0.4) is 0 Å². The zero-order valence-corrected chi connectivity index (χ0v) is 11.0. The van der Waals surface area contributed by atoms with Crippen molar-refractivity contribution in [2.45, 2.75) is 37.3 Å². The summed E-state index contributed by atoms with van der Waals surface area (Å²) >= 11 is 0. The number of ether oxygens (including phenoxy) is 3. The maximum atomic E-state index is 9.99. The molecule has 1 aromatic rings. The monoisotopic (exact) mass is 278 g/mol. The van der Waals surface area contributed by atoms with Gasteiger partial charge in [0.1, 0.15) is 12.2 Å². The third kappa shape index (κ3) is 2.63. The molecule has 3 unspecified atom stereocenters. The highest BCUT2D eigenvalue weighted by molar-refractivity contribution is 5.47. The molecule has 2 saturated heterocycles. The molecule has 2 fully saturated rings. The van der Waals surface area contributed by atoms with E-state index in [9.17, 15) is 10.2 Å². The van der Waals surface area contributed by atoms with Gasteiger partial charge in [0.25, 0.3) is 0 Å². The van der Waals surface area contributed by atoms with Gasteiger partial charge in [-0.15, -0.1) is 0 Å². The lowest BCUT2D eigenvalue weighted by molar-refractivity contribution is -0.331. The highest BCUT2D eigenvalue weighted by Crippen LogP contribution is 2.33. The Morgan fingerprint density at radius 2 is 1.90 bits per heavy atom. The molecule has 5 nitrogen and oxygen atoms in total. The third-order valence-corrected chi connectivity index (χ3v) is 3.66. The van der Waals surface area contributed by atoms with E-state index in [1.807, 2.05) is 24.3 Å². The maximum absolute atomic E-state index is 9.99. The van der Waals surface area contributed by atoms with E-state index in [-0.39, 0.29) is 13.0 Å². The number of fused-ring (bicyclic) bond motifs is 1. The van der Waals surface area contributed by atoms with Gasteiger partial charge in [-0.3, -0.25) is 0 Å². The SMILES string of the molecule is C=Cc1ccc(C2OCC3O[C@H](O)CC(O)[C@@H]3O2)cc1. The Morgan fingerprint density at radius 3 is 2.60 bits per heavy atom. The molecule has 5 heteroatoms. The Morgan fingerprint density at radius 1 is 1.15 bits per heavy atom. The number of hydrogen-bond donors (Lipinski definition) is 2. The number of aliphatic hydroxyl groups is 2. The highest BCUT2D eigenvalue weighted by Gasteiger charge is 2.43. The van der Waals surface area contributed by atoms with Crippen molar-refractivity contribution in [3.8, 4) is 0 Å². The van der Waals surface area contributed by atoms with E-state index >= 15 is 0 Å². The fourth-order valence-electron chi connectivity index (χ4n) is 2.56. The molecule has 2 aliphatic heterocycles. The molecule has 0 aromatic heterocycles. The fourth-order valence-corrected chi connectivity index (χ4v) is 2.56. The average Bonchev–Trinajstić information content (AvgIpc) is 2.47. The van der Waals surface area contributed by atoms with Crippen LogP contribution in [0.25, 0.3) is 6.08 Å². The van der Waals surface area contributed by atoms with Gasteiger partial charge >= 0.3 is 0 Å². The predicted octanol–water partition coefficient (Wildman–Crippen LogP) is 1.21. The molecule has 5 atom stereocenters. The minimum absolute atomic E-state index is 0.156. The van der Waals surface area contributed by atoms with Crippen LogP contribution in [0.1, 0.15) is 23.8 Å². The Kier molecular flexibility index (Phi) is 3.87. The molecule has 0 aliphatic carbocycles. The second-order valence-electron chi connectivity index (χ2n) is 5.07. The first-order chi connectivity index (χ1) is 9.67. The molecular formula is C15H18O5. The molecule has 108 valence electrons. The third-order valence-electron chi connectivity index (χ3n) is 3.66. The van der Waals surface area contributed by atoms with Crippen molar-refractivity contribution in [3.05, 3.63) is 42.0 Å². The molecule has 20 heavy (non-hydrogen) atoms. The van der Waals surface area contributed by atoms with Crippen LogP contribution in [0.2, 0.25) is 0 Å². The molecular weight excluding hydrogens is 260 g/mol. The maximum Gasteiger partial charge on any atom is 0.184 e. The molecule has 2 aliphatic rings. The van der Waals surface area contributed by atoms with Crippen molar-refractivity contribution < 1.29 is 24.4 Å². The van der Waals surface area contributed by atoms with Gasteiger partial charge in [-0.2, -0.15) is 0 Å². The van der Waals surface area contributed by atoms with E-state index in [2.05, 4.69) is 6.58 Å². The van der Waals surface area contributed by atoms with Crippen LogP contribution < -0.4 is 0 Å². The summed E-state index contributed by atoms with van der Waals surface area (Å²) in [5.41, 5.74) is 1.90. The van der Waals surface area contributed by atoms with Gasteiger partial charge in [0, 0.05) is 12.0 Å². The number of rotatable bonds is 2. The van der Waals surface area contributed by atoms with Crippen molar-refractivity contribution >= 4 is 6.08 Å². The Balaban J connectivity index is 1.72.